The van der Waals surface area contributed by atoms with Crippen LogP contribution < -0.4 is 0 Å². The lowest BCUT2D eigenvalue weighted by Crippen LogP contribution is -2.39. The number of rotatable bonds is 8. The van der Waals surface area contributed by atoms with Gasteiger partial charge in [-0.25, -0.2) is 0 Å². The monoisotopic (exact) mass is 218 g/mol. The van der Waals surface area contributed by atoms with E-state index >= 15 is 0 Å². The van der Waals surface area contributed by atoms with Crippen LogP contribution in [0.15, 0.2) is 12.7 Å². The normalized spacial score (nSPS) is 14.0. The molecular formula is C11H22O2S. The van der Waals surface area contributed by atoms with Crippen LogP contribution in [0.1, 0.15) is 20.3 Å². The minimum absolute atomic E-state index is 0.0582. The molecule has 3 heteroatoms. The number of aliphatic hydroxyl groups is 2. The summed E-state index contributed by atoms with van der Waals surface area (Å²) in [6, 6.07) is 0. The van der Waals surface area contributed by atoms with Crippen LogP contribution in [0.5, 0.6) is 0 Å². The largest absolute Gasteiger partial charge is 0.396 e. The molecule has 1 unspecified atom stereocenters. The van der Waals surface area contributed by atoms with E-state index in [4.69, 9.17) is 0 Å². The molecule has 84 valence electrons. The summed E-state index contributed by atoms with van der Waals surface area (Å²) < 4.78 is 0. The molecule has 0 aliphatic rings. The Balaban J connectivity index is 4.28. The Morgan fingerprint density at radius 1 is 1.43 bits per heavy atom. The Hall–Kier alpha value is 0.01000. The van der Waals surface area contributed by atoms with Crippen LogP contribution in [-0.4, -0.2) is 34.9 Å². The maximum atomic E-state index is 9.38. The van der Waals surface area contributed by atoms with Gasteiger partial charge in [0.25, 0.3) is 0 Å². The summed E-state index contributed by atoms with van der Waals surface area (Å²) in [6.07, 6.45) is 2.83. The molecular weight excluding hydrogens is 196 g/mol. The van der Waals surface area contributed by atoms with Gasteiger partial charge in [0.15, 0.2) is 0 Å². The summed E-state index contributed by atoms with van der Waals surface area (Å²) >= 11 is 1.72. The molecule has 2 nitrogen and oxygen atoms in total. The molecule has 0 amide bonds. The first-order chi connectivity index (χ1) is 6.66. The fraction of sp³-hybridized carbons (Fsp3) is 0.818. The van der Waals surface area contributed by atoms with Crippen molar-refractivity contribution in [2.24, 2.45) is 11.3 Å². The van der Waals surface area contributed by atoms with E-state index in [0.717, 1.165) is 17.9 Å². The Kier molecular flexibility index (Phi) is 7.33. The molecule has 0 rings (SSSR count). The molecule has 1 atom stereocenters. The van der Waals surface area contributed by atoms with Crippen molar-refractivity contribution in [2.45, 2.75) is 20.3 Å². The Labute approximate surface area is 91.4 Å². The molecule has 0 aromatic carbocycles. The second-order valence-electron chi connectivity index (χ2n) is 3.79. The predicted octanol–water partition coefficient (Wildman–Crippen LogP) is 1.92. The predicted molar refractivity (Wildman–Crippen MR) is 63.6 cm³/mol. The standard InChI is InChI=1S/C11H22O2S/c1-4-6-14-9-11(7-12,8-13)10(3)5-2/h4,10,12-13H,1,5-9H2,2-3H3. The Morgan fingerprint density at radius 3 is 2.36 bits per heavy atom. The SMILES string of the molecule is C=CCSCC(CO)(CO)C(C)CC. The quantitative estimate of drug-likeness (QED) is 0.483. The van der Waals surface area contributed by atoms with Gasteiger partial charge in [0.2, 0.25) is 0 Å². The minimum atomic E-state index is -0.331. The van der Waals surface area contributed by atoms with Crippen LogP contribution in [-0.2, 0) is 0 Å². The highest BCUT2D eigenvalue weighted by Gasteiger charge is 2.33. The van der Waals surface area contributed by atoms with Gasteiger partial charge in [-0.15, -0.1) is 6.58 Å². The van der Waals surface area contributed by atoms with Crippen LogP contribution in [0.2, 0.25) is 0 Å². The number of hydrogen-bond acceptors (Lipinski definition) is 3. The second-order valence-corrected chi connectivity index (χ2v) is 4.82. The van der Waals surface area contributed by atoms with Crippen molar-refractivity contribution in [1.29, 1.82) is 0 Å². The topological polar surface area (TPSA) is 40.5 Å². The molecule has 0 saturated carbocycles. The fourth-order valence-electron chi connectivity index (χ4n) is 1.37. The van der Waals surface area contributed by atoms with E-state index in [1.807, 2.05) is 6.08 Å². The maximum Gasteiger partial charge on any atom is 0.0519 e. The van der Waals surface area contributed by atoms with Crippen LogP contribution in [0.4, 0.5) is 0 Å². The zero-order chi connectivity index (χ0) is 11.0. The summed E-state index contributed by atoms with van der Waals surface area (Å²) in [5.74, 6) is 2.01. The van der Waals surface area contributed by atoms with E-state index in [1.165, 1.54) is 0 Å². The van der Waals surface area contributed by atoms with Crippen molar-refractivity contribution < 1.29 is 10.2 Å². The molecule has 0 saturated heterocycles. The summed E-state index contributed by atoms with van der Waals surface area (Å²) in [7, 11) is 0. The first-order valence-electron chi connectivity index (χ1n) is 5.07. The van der Waals surface area contributed by atoms with E-state index in [9.17, 15) is 10.2 Å². The van der Waals surface area contributed by atoms with E-state index in [1.54, 1.807) is 11.8 Å². The van der Waals surface area contributed by atoms with Gasteiger partial charge in [0.05, 0.1) is 13.2 Å². The minimum Gasteiger partial charge on any atom is -0.396 e. The molecule has 0 aromatic rings. The van der Waals surface area contributed by atoms with Crippen LogP contribution in [0.25, 0.3) is 0 Å². The Bertz CT molecular complexity index is 155. The zero-order valence-electron chi connectivity index (χ0n) is 9.20. The molecule has 14 heavy (non-hydrogen) atoms. The van der Waals surface area contributed by atoms with Crippen molar-refractivity contribution in [3.63, 3.8) is 0 Å². The molecule has 0 radical (unpaired) electrons. The Morgan fingerprint density at radius 2 is 2.00 bits per heavy atom. The lowest BCUT2D eigenvalue weighted by molar-refractivity contribution is 0.0285. The highest BCUT2D eigenvalue weighted by Crippen LogP contribution is 2.33. The third-order valence-electron chi connectivity index (χ3n) is 2.91. The second kappa shape index (κ2) is 7.32. The summed E-state index contributed by atoms with van der Waals surface area (Å²) in [6.45, 7) is 7.94. The lowest BCUT2D eigenvalue weighted by atomic mass is 9.78. The zero-order valence-corrected chi connectivity index (χ0v) is 10.0. The van der Waals surface area contributed by atoms with Gasteiger partial charge in [0, 0.05) is 16.9 Å². The van der Waals surface area contributed by atoms with E-state index < -0.39 is 0 Å². The molecule has 0 aliphatic heterocycles. The molecule has 0 spiro atoms. The molecule has 2 N–H and O–H groups in total. The van der Waals surface area contributed by atoms with Crippen molar-refractivity contribution in [3.05, 3.63) is 12.7 Å². The maximum absolute atomic E-state index is 9.38. The van der Waals surface area contributed by atoms with Crippen LogP contribution in [0.3, 0.4) is 0 Å². The van der Waals surface area contributed by atoms with Gasteiger partial charge in [-0.3, -0.25) is 0 Å². The van der Waals surface area contributed by atoms with Gasteiger partial charge < -0.3 is 10.2 Å². The number of thioether (sulfide) groups is 1. The van der Waals surface area contributed by atoms with Gasteiger partial charge in [-0.2, -0.15) is 11.8 Å². The average Bonchev–Trinajstić information content (AvgIpc) is 2.24. The lowest BCUT2D eigenvalue weighted by Gasteiger charge is -2.35. The highest BCUT2D eigenvalue weighted by atomic mass is 32.2. The van der Waals surface area contributed by atoms with Crippen molar-refractivity contribution >= 4 is 11.8 Å². The summed E-state index contributed by atoms with van der Waals surface area (Å²) in [4.78, 5) is 0. The van der Waals surface area contributed by atoms with E-state index in [2.05, 4.69) is 20.4 Å². The molecule has 0 aromatic heterocycles. The third kappa shape index (κ3) is 3.64. The van der Waals surface area contributed by atoms with Gasteiger partial charge in [-0.05, 0) is 5.92 Å². The fourth-order valence-corrected chi connectivity index (χ4v) is 2.53. The number of aliphatic hydroxyl groups excluding tert-OH is 2. The van der Waals surface area contributed by atoms with Gasteiger partial charge >= 0.3 is 0 Å². The van der Waals surface area contributed by atoms with Crippen molar-refractivity contribution in [3.8, 4) is 0 Å². The highest BCUT2D eigenvalue weighted by molar-refractivity contribution is 7.99. The van der Waals surface area contributed by atoms with Crippen molar-refractivity contribution in [2.75, 3.05) is 24.7 Å². The third-order valence-corrected chi connectivity index (χ3v) is 4.16. The summed E-state index contributed by atoms with van der Waals surface area (Å²) in [5, 5.41) is 18.8. The molecule has 0 aliphatic carbocycles. The average molecular weight is 218 g/mol. The van der Waals surface area contributed by atoms with Crippen LogP contribution in [0, 0.1) is 11.3 Å². The van der Waals surface area contributed by atoms with Crippen LogP contribution >= 0.6 is 11.8 Å². The summed E-state index contributed by atoms with van der Waals surface area (Å²) in [5.41, 5.74) is -0.331. The number of hydrogen-bond donors (Lipinski definition) is 2. The smallest absolute Gasteiger partial charge is 0.0519 e. The van der Waals surface area contributed by atoms with E-state index in [-0.39, 0.29) is 18.6 Å². The van der Waals surface area contributed by atoms with Gasteiger partial charge in [0.1, 0.15) is 0 Å². The first-order valence-corrected chi connectivity index (χ1v) is 6.22. The first kappa shape index (κ1) is 14.0. The van der Waals surface area contributed by atoms with Gasteiger partial charge in [-0.1, -0.05) is 26.3 Å². The van der Waals surface area contributed by atoms with Crippen molar-refractivity contribution in [1.82, 2.24) is 0 Å². The molecule has 0 bridgehead atoms. The molecule has 0 fully saturated rings. The molecule has 0 heterocycles. The van der Waals surface area contributed by atoms with E-state index in [0.29, 0.717) is 5.92 Å².